The molecule has 0 saturated carbocycles. The van der Waals surface area contributed by atoms with Crippen LogP contribution in [0.2, 0.25) is 10.0 Å². The van der Waals surface area contributed by atoms with E-state index < -0.39 is 0 Å². The fourth-order valence-electron chi connectivity index (χ4n) is 1.14. The number of benzene rings is 2. The van der Waals surface area contributed by atoms with Gasteiger partial charge in [-0.25, -0.2) is 0 Å². The highest BCUT2D eigenvalue weighted by Crippen LogP contribution is 2.35. The molecule has 2 rings (SSSR count). The Morgan fingerprint density at radius 1 is 0.933 bits per heavy atom. The Bertz CT molecular complexity index is 434. The van der Waals surface area contributed by atoms with Crippen molar-refractivity contribution in [2.75, 3.05) is 0 Å². The molecule has 0 amide bonds. The van der Waals surface area contributed by atoms with E-state index in [1.165, 1.54) is 0 Å². The molecule has 0 heterocycles. The van der Waals surface area contributed by atoms with E-state index in [0.717, 1.165) is 0 Å². The lowest BCUT2D eigenvalue weighted by Gasteiger charge is -2.08. The second-order valence-corrected chi connectivity index (χ2v) is 3.70. The molecule has 0 aliphatic carbocycles. The van der Waals surface area contributed by atoms with Crippen LogP contribution in [0.3, 0.4) is 0 Å². The van der Waals surface area contributed by atoms with E-state index in [1.54, 1.807) is 42.5 Å². The van der Waals surface area contributed by atoms with E-state index in [-0.39, 0.29) is 0 Å². The predicted octanol–water partition coefficient (Wildman–Crippen LogP) is 4.59. The first kappa shape index (κ1) is 10.3. The molecule has 0 bridgehead atoms. The average Bonchev–Trinajstić information content (AvgIpc) is 2.25. The largest absolute Gasteiger partial charge is 0.454 e. The van der Waals surface area contributed by atoms with Crippen LogP contribution in [0.1, 0.15) is 0 Å². The lowest BCUT2D eigenvalue weighted by atomic mass is 10.3. The van der Waals surface area contributed by atoms with Gasteiger partial charge in [0.05, 0.1) is 10.0 Å². The van der Waals surface area contributed by atoms with Gasteiger partial charge in [0.25, 0.3) is 0 Å². The molecule has 0 aliphatic heterocycles. The van der Waals surface area contributed by atoms with Crippen molar-refractivity contribution < 1.29 is 4.74 Å². The van der Waals surface area contributed by atoms with Gasteiger partial charge in [-0.3, -0.25) is 0 Å². The molecule has 2 aromatic rings. The fourth-order valence-corrected chi connectivity index (χ4v) is 1.61. The van der Waals surface area contributed by atoms with Crippen molar-refractivity contribution in [3.8, 4) is 11.5 Å². The molecule has 3 heteroatoms. The van der Waals surface area contributed by atoms with Gasteiger partial charge in [0.2, 0.25) is 0 Å². The lowest BCUT2D eigenvalue weighted by molar-refractivity contribution is 0.483. The smallest absolute Gasteiger partial charge is 0.164 e. The first-order valence-corrected chi connectivity index (χ1v) is 5.11. The first-order chi connectivity index (χ1) is 7.27. The van der Waals surface area contributed by atoms with Crippen LogP contribution in [0, 0.1) is 6.07 Å². The summed E-state index contributed by atoms with van der Waals surface area (Å²) in [5.41, 5.74) is 0. The van der Waals surface area contributed by atoms with E-state index in [9.17, 15) is 0 Å². The van der Waals surface area contributed by atoms with E-state index in [0.29, 0.717) is 21.5 Å². The topological polar surface area (TPSA) is 9.23 Å². The van der Waals surface area contributed by atoms with E-state index in [4.69, 9.17) is 27.9 Å². The minimum Gasteiger partial charge on any atom is -0.454 e. The molecule has 75 valence electrons. The monoisotopic (exact) mass is 237 g/mol. The molecule has 0 spiro atoms. The van der Waals surface area contributed by atoms with Gasteiger partial charge in [-0.1, -0.05) is 41.4 Å². The highest BCUT2D eigenvalue weighted by molar-refractivity contribution is 6.37. The van der Waals surface area contributed by atoms with Crippen molar-refractivity contribution in [2.24, 2.45) is 0 Å². The molecule has 0 atom stereocenters. The summed E-state index contributed by atoms with van der Waals surface area (Å²) in [5, 5.41) is 0.991. The first-order valence-electron chi connectivity index (χ1n) is 4.35. The lowest BCUT2D eigenvalue weighted by Crippen LogP contribution is -1.85. The van der Waals surface area contributed by atoms with Gasteiger partial charge in [-0.2, -0.15) is 0 Å². The van der Waals surface area contributed by atoms with Crippen molar-refractivity contribution >= 4 is 23.2 Å². The van der Waals surface area contributed by atoms with Crippen molar-refractivity contribution in [1.29, 1.82) is 0 Å². The standard InChI is InChI=1S/C12H7Cl2O/c13-10-7-4-8-11(14)12(10)15-9-5-2-1-3-6-9/h2-8H. The number of para-hydroxylation sites is 1. The van der Waals surface area contributed by atoms with Gasteiger partial charge in [0.1, 0.15) is 5.75 Å². The zero-order chi connectivity index (χ0) is 10.7. The van der Waals surface area contributed by atoms with Gasteiger partial charge in [0, 0.05) is 0 Å². The van der Waals surface area contributed by atoms with Crippen molar-refractivity contribution in [3.63, 3.8) is 0 Å². The number of halogens is 2. The summed E-state index contributed by atoms with van der Waals surface area (Å²) in [6.07, 6.45) is 0. The van der Waals surface area contributed by atoms with Crippen LogP contribution in [-0.4, -0.2) is 0 Å². The van der Waals surface area contributed by atoms with Crippen LogP contribution < -0.4 is 4.74 Å². The molecule has 0 N–H and O–H groups in total. The molecule has 0 aliphatic rings. The normalized spacial score (nSPS) is 10.0. The minimum atomic E-state index is 0.479. The predicted molar refractivity (Wildman–Crippen MR) is 61.8 cm³/mol. The molecule has 0 unspecified atom stereocenters. The Balaban J connectivity index is 2.32. The Morgan fingerprint density at radius 3 is 2.13 bits per heavy atom. The Hall–Kier alpha value is -1.18. The molecule has 0 saturated heterocycles. The summed E-state index contributed by atoms with van der Waals surface area (Å²) in [4.78, 5) is 0. The van der Waals surface area contributed by atoms with E-state index in [1.807, 2.05) is 0 Å². The summed E-state index contributed by atoms with van der Waals surface area (Å²) in [6.45, 7) is 0. The maximum absolute atomic E-state index is 5.96. The van der Waals surface area contributed by atoms with Crippen LogP contribution in [0.5, 0.6) is 11.5 Å². The number of rotatable bonds is 2. The zero-order valence-electron chi connectivity index (χ0n) is 7.71. The van der Waals surface area contributed by atoms with Gasteiger partial charge >= 0.3 is 0 Å². The SMILES string of the molecule is Clc1cccc(Cl)c1Oc1cc[c]cc1. The Morgan fingerprint density at radius 2 is 1.53 bits per heavy atom. The number of hydrogen-bond acceptors (Lipinski definition) is 1. The van der Waals surface area contributed by atoms with E-state index in [2.05, 4.69) is 6.07 Å². The molecule has 2 aromatic carbocycles. The highest BCUT2D eigenvalue weighted by Gasteiger charge is 2.06. The van der Waals surface area contributed by atoms with Crippen LogP contribution >= 0.6 is 23.2 Å². The van der Waals surface area contributed by atoms with Gasteiger partial charge < -0.3 is 4.74 Å². The highest BCUT2D eigenvalue weighted by atomic mass is 35.5. The van der Waals surface area contributed by atoms with Crippen LogP contribution in [0.15, 0.2) is 42.5 Å². The van der Waals surface area contributed by atoms with Crippen molar-refractivity contribution in [3.05, 3.63) is 58.6 Å². The second kappa shape index (κ2) is 4.56. The van der Waals surface area contributed by atoms with Gasteiger partial charge in [-0.15, -0.1) is 0 Å². The third kappa shape index (κ3) is 2.44. The number of hydrogen-bond donors (Lipinski definition) is 0. The average molecular weight is 238 g/mol. The summed E-state index contributed by atoms with van der Waals surface area (Å²) < 4.78 is 5.56. The third-order valence-corrected chi connectivity index (χ3v) is 2.42. The van der Waals surface area contributed by atoms with Gasteiger partial charge in [0.15, 0.2) is 5.75 Å². The molecule has 1 radical (unpaired) electrons. The zero-order valence-corrected chi connectivity index (χ0v) is 9.22. The molecule has 0 fully saturated rings. The summed E-state index contributed by atoms with van der Waals surface area (Å²) in [7, 11) is 0. The third-order valence-electron chi connectivity index (χ3n) is 1.83. The summed E-state index contributed by atoms with van der Waals surface area (Å²) in [6, 6.07) is 15.3. The second-order valence-electron chi connectivity index (χ2n) is 2.89. The van der Waals surface area contributed by atoms with Crippen LogP contribution in [0.25, 0.3) is 0 Å². The molecule has 15 heavy (non-hydrogen) atoms. The Kier molecular flexibility index (Phi) is 3.14. The van der Waals surface area contributed by atoms with Crippen LogP contribution in [-0.2, 0) is 0 Å². The van der Waals surface area contributed by atoms with E-state index >= 15 is 0 Å². The molecular formula is C12H7Cl2O. The Labute approximate surface area is 98.2 Å². The molecule has 1 nitrogen and oxygen atoms in total. The van der Waals surface area contributed by atoms with Gasteiger partial charge in [-0.05, 0) is 30.3 Å². The quantitative estimate of drug-likeness (QED) is 0.743. The number of ether oxygens (including phenoxy) is 1. The molecule has 0 aromatic heterocycles. The summed E-state index contributed by atoms with van der Waals surface area (Å²) in [5.74, 6) is 1.16. The fraction of sp³-hybridized carbons (Fsp3) is 0. The molecular weight excluding hydrogens is 231 g/mol. The summed E-state index contributed by atoms with van der Waals surface area (Å²) >= 11 is 11.9. The maximum Gasteiger partial charge on any atom is 0.164 e. The minimum absolute atomic E-state index is 0.479. The van der Waals surface area contributed by atoms with Crippen LogP contribution in [0.4, 0.5) is 0 Å². The maximum atomic E-state index is 5.96. The van der Waals surface area contributed by atoms with Crippen molar-refractivity contribution in [1.82, 2.24) is 0 Å². The van der Waals surface area contributed by atoms with Crippen molar-refractivity contribution in [2.45, 2.75) is 0 Å².